The topological polar surface area (TPSA) is 24.9 Å². The molecule has 0 saturated carbocycles. The molecule has 0 saturated heterocycles. The van der Waals surface area contributed by atoms with Crippen LogP contribution in [-0.4, -0.2) is 11.5 Å². The summed E-state index contributed by atoms with van der Waals surface area (Å²) in [6.45, 7) is 3.04. The Morgan fingerprint density at radius 2 is 1.95 bits per heavy atom. The third kappa shape index (κ3) is 4.29. The van der Waals surface area contributed by atoms with Gasteiger partial charge >= 0.3 is 0 Å². The summed E-state index contributed by atoms with van der Waals surface area (Å²) >= 11 is 5.87. The molecule has 0 aliphatic heterocycles. The monoisotopic (exact) mass is 292 g/mol. The molecule has 0 fully saturated rings. The van der Waals surface area contributed by atoms with Crippen molar-refractivity contribution in [2.24, 2.45) is 0 Å². The lowest BCUT2D eigenvalue weighted by molar-refractivity contribution is 0.517. The van der Waals surface area contributed by atoms with Gasteiger partial charge in [-0.2, -0.15) is 0 Å². The number of nitrogens with zero attached hydrogens (tertiary/aromatic N) is 1. The van der Waals surface area contributed by atoms with Crippen LogP contribution in [0.15, 0.2) is 42.6 Å². The SMILES string of the molecule is CCCNC(Cc1ccc(F)cc1)c1ccc(Cl)cn1. The largest absolute Gasteiger partial charge is 0.308 e. The second-order valence-corrected chi connectivity index (χ2v) is 5.18. The highest BCUT2D eigenvalue weighted by Crippen LogP contribution is 2.18. The van der Waals surface area contributed by atoms with Crippen LogP contribution in [-0.2, 0) is 6.42 Å². The lowest BCUT2D eigenvalue weighted by Crippen LogP contribution is -2.25. The number of pyridine rings is 1. The van der Waals surface area contributed by atoms with Crippen LogP contribution >= 0.6 is 11.6 Å². The van der Waals surface area contributed by atoms with Gasteiger partial charge in [0.2, 0.25) is 0 Å². The van der Waals surface area contributed by atoms with E-state index in [4.69, 9.17) is 11.6 Å². The summed E-state index contributed by atoms with van der Waals surface area (Å²) in [5.41, 5.74) is 2.03. The highest BCUT2D eigenvalue weighted by molar-refractivity contribution is 6.30. The van der Waals surface area contributed by atoms with Gasteiger partial charge in [0, 0.05) is 6.20 Å². The third-order valence-electron chi connectivity index (χ3n) is 3.10. The van der Waals surface area contributed by atoms with E-state index in [0.29, 0.717) is 5.02 Å². The number of nitrogens with one attached hydrogen (secondary N) is 1. The summed E-state index contributed by atoms with van der Waals surface area (Å²) in [5.74, 6) is -0.212. The molecule has 4 heteroatoms. The fourth-order valence-electron chi connectivity index (χ4n) is 2.05. The lowest BCUT2D eigenvalue weighted by atomic mass is 10.0. The van der Waals surface area contributed by atoms with Gasteiger partial charge in [-0.05, 0) is 49.2 Å². The standard InChI is InChI=1S/C16H18ClFN2/c1-2-9-19-16(15-8-5-13(17)11-20-15)10-12-3-6-14(18)7-4-12/h3-8,11,16,19H,2,9-10H2,1H3. The summed E-state index contributed by atoms with van der Waals surface area (Å²) in [6, 6.07) is 10.5. The van der Waals surface area contributed by atoms with Crippen LogP contribution in [0.25, 0.3) is 0 Å². The second kappa shape index (κ2) is 7.36. The smallest absolute Gasteiger partial charge is 0.123 e. The molecule has 20 heavy (non-hydrogen) atoms. The maximum atomic E-state index is 13.0. The molecule has 2 rings (SSSR count). The number of benzene rings is 1. The van der Waals surface area contributed by atoms with Crippen LogP contribution in [0, 0.1) is 5.82 Å². The van der Waals surface area contributed by atoms with Crippen molar-refractivity contribution >= 4 is 11.6 Å². The van der Waals surface area contributed by atoms with Crippen LogP contribution in [0.4, 0.5) is 4.39 Å². The minimum Gasteiger partial charge on any atom is -0.308 e. The van der Waals surface area contributed by atoms with Gasteiger partial charge in [-0.25, -0.2) is 4.39 Å². The first-order chi connectivity index (χ1) is 9.69. The van der Waals surface area contributed by atoms with Crippen molar-refractivity contribution in [3.63, 3.8) is 0 Å². The van der Waals surface area contributed by atoms with Gasteiger partial charge < -0.3 is 5.32 Å². The lowest BCUT2D eigenvalue weighted by Gasteiger charge is -2.18. The van der Waals surface area contributed by atoms with Crippen LogP contribution in [0.1, 0.15) is 30.6 Å². The number of halogens is 2. The Balaban J connectivity index is 2.14. The highest BCUT2D eigenvalue weighted by Gasteiger charge is 2.13. The van der Waals surface area contributed by atoms with Crippen molar-refractivity contribution in [1.29, 1.82) is 0 Å². The number of hydrogen-bond donors (Lipinski definition) is 1. The molecule has 1 aromatic heterocycles. The van der Waals surface area contributed by atoms with Crippen LogP contribution in [0.5, 0.6) is 0 Å². The van der Waals surface area contributed by atoms with Crippen LogP contribution in [0.2, 0.25) is 5.02 Å². The molecule has 1 unspecified atom stereocenters. The molecule has 2 nitrogen and oxygen atoms in total. The summed E-state index contributed by atoms with van der Waals surface area (Å²) in [6.07, 6.45) is 3.48. The van der Waals surface area contributed by atoms with Crippen molar-refractivity contribution < 1.29 is 4.39 Å². The van der Waals surface area contributed by atoms with E-state index in [1.807, 2.05) is 24.3 Å². The maximum absolute atomic E-state index is 13.0. The molecule has 106 valence electrons. The molecule has 1 aromatic carbocycles. The molecule has 0 aliphatic carbocycles. The molecule has 0 amide bonds. The molecule has 2 aromatic rings. The van der Waals surface area contributed by atoms with Crippen LogP contribution in [0.3, 0.4) is 0 Å². The van der Waals surface area contributed by atoms with Crippen molar-refractivity contribution in [3.8, 4) is 0 Å². The zero-order valence-corrected chi connectivity index (χ0v) is 12.2. The Morgan fingerprint density at radius 1 is 1.20 bits per heavy atom. The zero-order valence-electron chi connectivity index (χ0n) is 11.4. The van der Waals surface area contributed by atoms with Gasteiger partial charge in [0.05, 0.1) is 16.8 Å². The van der Waals surface area contributed by atoms with Gasteiger partial charge in [0.25, 0.3) is 0 Å². The van der Waals surface area contributed by atoms with E-state index in [-0.39, 0.29) is 11.9 Å². The van der Waals surface area contributed by atoms with Crippen molar-refractivity contribution in [1.82, 2.24) is 10.3 Å². The number of aromatic nitrogens is 1. The summed E-state index contributed by atoms with van der Waals surface area (Å²) < 4.78 is 13.0. The van der Waals surface area contributed by atoms with Crippen molar-refractivity contribution in [3.05, 3.63) is 64.7 Å². The minimum absolute atomic E-state index is 0.109. The van der Waals surface area contributed by atoms with Gasteiger partial charge in [0.1, 0.15) is 5.82 Å². The summed E-state index contributed by atoms with van der Waals surface area (Å²) in [5, 5.41) is 4.10. The normalized spacial score (nSPS) is 12.3. The predicted molar refractivity (Wildman–Crippen MR) is 80.4 cm³/mol. The second-order valence-electron chi connectivity index (χ2n) is 4.74. The minimum atomic E-state index is -0.212. The highest BCUT2D eigenvalue weighted by atomic mass is 35.5. The molecule has 0 aliphatic rings. The Hall–Kier alpha value is -1.45. The molecular weight excluding hydrogens is 275 g/mol. The number of hydrogen-bond acceptors (Lipinski definition) is 2. The van der Waals surface area contributed by atoms with E-state index in [9.17, 15) is 4.39 Å². The molecule has 1 heterocycles. The third-order valence-corrected chi connectivity index (χ3v) is 3.32. The molecular formula is C16H18ClFN2. The first kappa shape index (κ1) is 14.9. The van der Waals surface area contributed by atoms with Gasteiger partial charge in [-0.15, -0.1) is 0 Å². The van der Waals surface area contributed by atoms with Gasteiger partial charge in [0.15, 0.2) is 0 Å². The van der Waals surface area contributed by atoms with E-state index in [1.54, 1.807) is 6.20 Å². The van der Waals surface area contributed by atoms with Gasteiger partial charge in [-0.1, -0.05) is 30.7 Å². The quantitative estimate of drug-likeness (QED) is 0.865. The van der Waals surface area contributed by atoms with E-state index < -0.39 is 0 Å². The van der Waals surface area contributed by atoms with E-state index >= 15 is 0 Å². The average Bonchev–Trinajstić information content (AvgIpc) is 2.46. The Kier molecular flexibility index (Phi) is 5.50. The van der Waals surface area contributed by atoms with Crippen molar-refractivity contribution in [2.75, 3.05) is 6.54 Å². The molecule has 0 radical (unpaired) electrons. The van der Waals surface area contributed by atoms with Crippen LogP contribution < -0.4 is 5.32 Å². The van der Waals surface area contributed by atoms with E-state index in [0.717, 1.165) is 30.6 Å². The molecule has 1 atom stereocenters. The fraction of sp³-hybridized carbons (Fsp3) is 0.312. The van der Waals surface area contributed by atoms with E-state index in [1.165, 1.54) is 12.1 Å². The predicted octanol–water partition coefficient (Wildman–Crippen LogP) is 4.16. The zero-order chi connectivity index (χ0) is 14.4. The number of rotatable bonds is 6. The maximum Gasteiger partial charge on any atom is 0.123 e. The fourth-order valence-corrected chi connectivity index (χ4v) is 2.16. The molecule has 0 spiro atoms. The van der Waals surface area contributed by atoms with Gasteiger partial charge in [-0.3, -0.25) is 4.98 Å². The molecule has 1 N–H and O–H groups in total. The van der Waals surface area contributed by atoms with Crippen molar-refractivity contribution in [2.45, 2.75) is 25.8 Å². The summed E-state index contributed by atoms with van der Waals surface area (Å²) in [4.78, 5) is 4.38. The summed E-state index contributed by atoms with van der Waals surface area (Å²) in [7, 11) is 0. The Labute approximate surface area is 124 Å². The first-order valence-corrected chi connectivity index (χ1v) is 7.16. The Bertz CT molecular complexity index is 525. The first-order valence-electron chi connectivity index (χ1n) is 6.78. The van der Waals surface area contributed by atoms with E-state index in [2.05, 4.69) is 17.2 Å². The Morgan fingerprint density at radius 3 is 2.55 bits per heavy atom. The molecule has 0 bridgehead atoms. The average molecular weight is 293 g/mol.